The molecular weight excluding hydrogens is 456 g/mol. The molecule has 0 bridgehead atoms. The summed E-state index contributed by atoms with van der Waals surface area (Å²) < 4.78 is 1.81. The molecule has 0 aliphatic carbocycles. The van der Waals surface area contributed by atoms with Gasteiger partial charge in [-0.2, -0.15) is 0 Å². The van der Waals surface area contributed by atoms with E-state index in [4.69, 9.17) is 16.7 Å². The number of halogens is 1. The van der Waals surface area contributed by atoms with Gasteiger partial charge in [0, 0.05) is 30.7 Å². The number of carbonyl (C=O) groups excluding carboxylic acids is 2. The standard InChI is InChI=1S/C14H18N4O4.C9H11Cl.C2H6/c1-16(9-14(21)22)4-2-3-13(20)17-5-6-18-11(10-19)7-15-12(18)8-17;1-2-5-8-6-3-4-7-9(8)10;1-2/h2-3,7,10H,4-6,8-9H2,1H3,(H,21,22);3-4,6-7H,2,5H2,1H3;1-2H3/b3-2+;;. The molecule has 0 saturated carbocycles. The van der Waals surface area contributed by atoms with Crippen LogP contribution in [-0.2, 0) is 29.1 Å². The molecule has 2 aromatic rings. The minimum atomic E-state index is -0.906. The van der Waals surface area contributed by atoms with Gasteiger partial charge >= 0.3 is 5.97 Å². The van der Waals surface area contributed by atoms with Crippen LogP contribution in [0.4, 0.5) is 0 Å². The lowest BCUT2D eigenvalue weighted by Crippen LogP contribution is -2.38. The summed E-state index contributed by atoms with van der Waals surface area (Å²) in [5, 5.41) is 9.53. The molecule has 0 spiro atoms. The molecule has 0 atom stereocenters. The monoisotopic (exact) mass is 490 g/mol. The number of aliphatic carboxylic acids is 1. The molecule has 1 aliphatic heterocycles. The van der Waals surface area contributed by atoms with Gasteiger partial charge in [-0.15, -0.1) is 0 Å². The Kier molecular flexibility index (Phi) is 13.5. The second-order valence-electron chi connectivity index (χ2n) is 7.46. The SMILES string of the molecule is CC.CCCc1ccccc1Cl.CN(C/C=C/C(=O)N1CCn2c(C=O)cnc2C1)CC(=O)O. The van der Waals surface area contributed by atoms with Crippen molar-refractivity contribution < 1.29 is 19.5 Å². The van der Waals surface area contributed by atoms with Crippen molar-refractivity contribution in [3.8, 4) is 0 Å². The Balaban J connectivity index is 0.000000402. The molecule has 9 heteroatoms. The van der Waals surface area contributed by atoms with Crippen molar-refractivity contribution in [3.05, 3.63) is 64.7 Å². The summed E-state index contributed by atoms with van der Waals surface area (Å²) in [7, 11) is 1.67. The number of benzene rings is 1. The highest BCUT2D eigenvalue weighted by atomic mass is 35.5. The van der Waals surface area contributed by atoms with E-state index in [1.807, 2.05) is 32.0 Å². The predicted octanol–water partition coefficient (Wildman–Crippen LogP) is 3.93. The van der Waals surface area contributed by atoms with Gasteiger partial charge < -0.3 is 14.6 Å². The number of aldehydes is 1. The highest BCUT2D eigenvalue weighted by molar-refractivity contribution is 6.31. The number of carboxylic acids is 1. The number of carboxylic acid groups (broad SMARTS) is 1. The van der Waals surface area contributed by atoms with Gasteiger partial charge in [0.15, 0.2) is 6.29 Å². The third-order valence-corrected chi connectivity index (χ3v) is 5.26. The van der Waals surface area contributed by atoms with Gasteiger partial charge in [0.1, 0.15) is 11.5 Å². The number of fused-ring (bicyclic) bond motifs is 1. The summed E-state index contributed by atoms with van der Waals surface area (Å²) in [4.78, 5) is 40.8. The summed E-state index contributed by atoms with van der Waals surface area (Å²) in [5.41, 5.74) is 1.78. The topological polar surface area (TPSA) is 95.7 Å². The van der Waals surface area contributed by atoms with Gasteiger partial charge in [0.05, 0.1) is 19.3 Å². The number of carbonyl (C=O) groups is 3. The molecule has 3 rings (SSSR count). The molecule has 1 aromatic heterocycles. The summed E-state index contributed by atoms with van der Waals surface area (Å²) in [6, 6.07) is 8.00. The lowest BCUT2D eigenvalue weighted by atomic mass is 10.1. The number of likely N-dealkylation sites (N-methyl/N-ethyl adjacent to an activating group) is 1. The number of hydrogen-bond donors (Lipinski definition) is 1. The largest absolute Gasteiger partial charge is 0.480 e. The van der Waals surface area contributed by atoms with Crippen molar-refractivity contribution in [2.75, 3.05) is 26.7 Å². The van der Waals surface area contributed by atoms with Crippen LogP contribution in [0.15, 0.2) is 42.6 Å². The molecule has 0 radical (unpaired) electrons. The predicted molar refractivity (Wildman–Crippen MR) is 134 cm³/mol. The molecule has 1 aliphatic rings. The van der Waals surface area contributed by atoms with E-state index < -0.39 is 5.97 Å². The Labute approximate surface area is 206 Å². The second kappa shape index (κ2) is 15.8. The molecule has 1 amide bonds. The Bertz CT molecular complexity index is 958. The first kappa shape index (κ1) is 29.1. The molecule has 2 heterocycles. The van der Waals surface area contributed by atoms with Gasteiger partial charge in [-0.25, -0.2) is 4.98 Å². The third kappa shape index (κ3) is 9.49. The van der Waals surface area contributed by atoms with Crippen molar-refractivity contribution in [3.63, 3.8) is 0 Å². The maximum atomic E-state index is 12.1. The molecular formula is C25H35ClN4O4. The molecule has 1 N–H and O–H groups in total. The van der Waals surface area contributed by atoms with Crippen LogP contribution in [-0.4, -0.2) is 69.3 Å². The zero-order chi connectivity index (χ0) is 25.5. The van der Waals surface area contributed by atoms with E-state index in [1.165, 1.54) is 17.8 Å². The Hall–Kier alpha value is -2.97. The first-order chi connectivity index (χ1) is 16.3. The number of amides is 1. The number of hydrogen-bond acceptors (Lipinski definition) is 5. The van der Waals surface area contributed by atoms with E-state index in [0.717, 1.165) is 24.2 Å². The average Bonchev–Trinajstić information content (AvgIpc) is 3.24. The van der Waals surface area contributed by atoms with E-state index in [0.29, 0.717) is 37.7 Å². The second-order valence-corrected chi connectivity index (χ2v) is 7.87. The van der Waals surface area contributed by atoms with Crippen molar-refractivity contribution in [1.29, 1.82) is 0 Å². The number of rotatable bonds is 8. The van der Waals surface area contributed by atoms with E-state index in [1.54, 1.807) is 27.5 Å². The van der Waals surface area contributed by atoms with Crippen LogP contribution in [0.2, 0.25) is 5.02 Å². The lowest BCUT2D eigenvalue weighted by Gasteiger charge is -2.27. The lowest BCUT2D eigenvalue weighted by molar-refractivity contribution is -0.137. The fraction of sp³-hybridized carbons (Fsp3) is 0.440. The summed E-state index contributed by atoms with van der Waals surface area (Å²) in [6.45, 7) is 7.88. The molecule has 186 valence electrons. The van der Waals surface area contributed by atoms with Gasteiger partial charge in [-0.3, -0.25) is 19.3 Å². The van der Waals surface area contributed by atoms with Crippen LogP contribution in [0.3, 0.4) is 0 Å². The highest BCUT2D eigenvalue weighted by Gasteiger charge is 2.21. The van der Waals surface area contributed by atoms with Crippen LogP contribution in [0.25, 0.3) is 0 Å². The zero-order valence-electron chi connectivity index (χ0n) is 20.4. The molecule has 0 fully saturated rings. The summed E-state index contributed by atoms with van der Waals surface area (Å²) in [5.74, 6) is -0.361. The zero-order valence-corrected chi connectivity index (χ0v) is 21.2. The molecule has 1 aromatic carbocycles. The van der Waals surface area contributed by atoms with Gasteiger partial charge in [0.2, 0.25) is 5.91 Å². The Morgan fingerprint density at radius 3 is 2.56 bits per heavy atom. The molecule has 0 unspecified atom stereocenters. The fourth-order valence-corrected chi connectivity index (χ4v) is 3.50. The van der Waals surface area contributed by atoms with Crippen LogP contribution in [0, 0.1) is 0 Å². The minimum Gasteiger partial charge on any atom is -0.480 e. The molecule has 8 nitrogen and oxygen atoms in total. The minimum absolute atomic E-state index is 0.0752. The number of aromatic nitrogens is 2. The van der Waals surface area contributed by atoms with Crippen LogP contribution in [0.1, 0.15) is 49.1 Å². The third-order valence-electron chi connectivity index (χ3n) is 4.89. The van der Waals surface area contributed by atoms with Crippen molar-refractivity contribution in [2.24, 2.45) is 0 Å². The van der Waals surface area contributed by atoms with E-state index in [2.05, 4.69) is 18.0 Å². The average molecular weight is 491 g/mol. The van der Waals surface area contributed by atoms with E-state index in [9.17, 15) is 14.4 Å². The Morgan fingerprint density at radius 1 is 1.24 bits per heavy atom. The summed E-state index contributed by atoms with van der Waals surface area (Å²) in [6.07, 6.45) is 7.59. The van der Waals surface area contributed by atoms with Gasteiger partial charge in [-0.1, -0.05) is 63.1 Å². The van der Waals surface area contributed by atoms with Crippen LogP contribution in [0.5, 0.6) is 0 Å². The summed E-state index contributed by atoms with van der Waals surface area (Å²) >= 11 is 5.90. The van der Waals surface area contributed by atoms with Crippen molar-refractivity contribution in [1.82, 2.24) is 19.4 Å². The van der Waals surface area contributed by atoms with Crippen LogP contribution < -0.4 is 0 Å². The Morgan fingerprint density at radius 2 is 1.94 bits per heavy atom. The van der Waals surface area contributed by atoms with E-state index in [-0.39, 0.29) is 12.5 Å². The van der Waals surface area contributed by atoms with E-state index >= 15 is 0 Å². The highest BCUT2D eigenvalue weighted by Crippen LogP contribution is 2.16. The van der Waals surface area contributed by atoms with Crippen LogP contribution >= 0.6 is 11.6 Å². The van der Waals surface area contributed by atoms with Crippen molar-refractivity contribution in [2.45, 2.75) is 46.7 Å². The normalized spacial score (nSPS) is 12.4. The quantitative estimate of drug-likeness (QED) is 0.445. The fourth-order valence-electron chi connectivity index (χ4n) is 3.27. The van der Waals surface area contributed by atoms with Gasteiger partial charge in [0.25, 0.3) is 0 Å². The molecule has 0 saturated heterocycles. The smallest absolute Gasteiger partial charge is 0.317 e. The maximum Gasteiger partial charge on any atom is 0.317 e. The first-order valence-corrected chi connectivity index (χ1v) is 11.8. The first-order valence-electron chi connectivity index (χ1n) is 11.4. The molecule has 34 heavy (non-hydrogen) atoms. The maximum absolute atomic E-state index is 12.1. The number of aryl methyl sites for hydroxylation is 1. The van der Waals surface area contributed by atoms with Crippen molar-refractivity contribution >= 4 is 29.8 Å². The number of imidazole rings is 1. The number of nitrogens with zero attached hydrogens (tertiary/aromatic N) is 4. The van der Waals surface area contributed by atoms with Gasteiger partial charge in [-0.05, 0) is 25.1 Å².